The lowest BCUT2D eigenvalue weighted by Gasteiger charge is -2.12. The number of aliphatic hydroxyl groups excluding tert-OH is 1. The number of hydrogen-bond acceptors (Lipinski definition) is 2. The molecule has 90 valence electrons. The molecule has 0 amide bonds. The van der Waals surface area contributed by atoms with E-state index in [0.29, 0.717) is 11.1 Å². The lowest BCUT2D eigenvalue weighted by molar-refractivity contribution is 0.221. The maximum atomic E-state index is 13.5. The first-order valence-electron chi connectivity index (χ1n) is 5.60. The second kappa shape index (κ2) is 4.23. The zero-order valence-corrected chi connectivity index (χ0v) is 9.47. The summed E-state index contributed by atoms with van der Waals surface area (Å²) in [5.41, 5.74) is 1.90. The van der Waals surface area contributed by atoms with Crippen molar-refractivity contribution < 1.29 is 9.50 Å². The summed E-state index contributed by atoms with van der Waals surface area (Å²) in [5.74, 6) is -0.361. The molecular formula is C14H11FN2O. The molecule has 0 aliphatic rings. The van der Waals surface area contributed by atoms with Crippen molar-refractivity contribution in [2.45, 2.75) is 6.10 Å². The van der Waals surface area contributed by atoms with Gasteiger partial charge in [-0.2, -0.15) is 0 Å². The fourth-order valence-corrected chi connectivity index (χ4v) is 2.10. The number of aromatic nitrogens is 2. The highest BCUT2D eigenvalue weighted by molar-refractivity contribution is 5.83. The molecule has 0 fully saturated rings. The maximum Gasteiger partial charge on any atom is 0.124 e. The molecule has 2 aromatic heterocycles. The van der Waals surface area contributed by atoms with E-state index in [1.165, 1.54) is 12.1 Å². The quantitative estimate of drug-likeness (QED) is 0.726. The molecule has 1 atom stereocenters. The van der Waals surface area contributed by atoms with Gasteiger partial charge in [0, 0.05) is 35.1 Å². The molecule has 0 radical (unpaired) electrons. The van der Waals surface area contributed by atoms with Crippen LogP contribution in [0.3, 0.4) is 0 Å². The van der Waals surface area contributed by atoms with Crippen molar-refractivity contribution in [3.8, 4) is 0 Å². The van der Waals surface area contributed by atoms with E-state index in [1.54, 1.807) is 36.8 Å². The second-order valence-corrected chi connectivity index (χ2v) is 4.13. The van der Waals surface area contributed by atoms with E-state index < -0.39 is 6.10 Å². The minimum atomic E-state index is -0.893. The predicted octanol–water partition coefficient (Wildman–Crippen LogP) is 2.78. The van der Waals surface area contributed by atoms with E-state index in [4.69, 9.17) is 0 Å². The van der Waals surface area contributed by atoms with Crippen molar-refractivity contribution in [1.82, 2.24) is 9.97 Å². The molecule has 2 N–H and O–H groups in total. The van der Waals surface area contributed by atoms with Gasteiger partial charge >= 0.3 is 0 Å². The van der Waals surface area contributed by atoms with Gasteiger partial charge in [-0.1, -0.05) is 6.07 Å². The van der Waals surface area contributed by atoms with Crippen molar-refractivity contribution in [2.24, 2.45) is 0 Å². The minimum Gasteiger partial charge on any atom is -0.384 e. The summed E-state index contributed by atoms with van der Waals surface area (Å²) < 4.78 is 13.5. The average molecular weight is 242 g/mol. The molecule has 0 saturated carbocycles. The minimum absolute atomic E-state index is 0.361. The van der Waals surface area contributed by atoms with E-state index >= 15 is 0 Å². The number of halogens is 1. The fraction of sp³-hybridized carbons (Fsp3) is 0.0714. The van der Waals surface area contributed by atoms with Crippen molar-refractivity contribution in [3.63, 3.8) is 0 Å². The van der Waals surface area contributed by atoms with Crippen LogP contribution in [-0.4, -0.2) is 15.1 Å². The standard InChI is InChI=1S/C14H11FN2O/c15-11-6-9-3-5-17-13(9)12(7-11)14(18)10-2-1-4-16-8-10/h1-8,14,17-18H. The van der Waals surface area contributed by atoms with Gasteiger partial charge in [-0.15, -0.1) is 0 Å². The average Bonchev–Trinajstić information content (AvgIpc) is 2.86. The third-order valence-electron chi connectivity index (χ3n) is 2.95. The van der Waals surface area contributed by atoms with Gasteiger partial charge in [-0.25, -0.2) is 4.39 Å². The molecule has 18 heavy (non-hydrogen) atoms. The monoisotopic (exact) mass is 242 g/mol. The SMILES string of the molecule is OC(c1cccnc1)c1cc(F)cc2cc[nH]c12. The summed E-state index contributed by atoms with van der Waals surface area (Å²) in [7, 11) is 0. The zero-order valence-electron chi connectivity index (χ0n) is 9.47. The molecule has 0 saturated heterocycles. The Morgan fingerprint density at radius 3 is 2.94 bits per heavy atom. The van der Waals surface area contributed by atoms with Gasteiger partial charge in [0.15, 0.2) is 0 Å². The predicted molar refractivity (Wildman–Crippen MR) is 66.6 cm³/mol. The Morgan fingerprint density at radius 1 is 1.28 bits per heavy atom. The largest absolute Gasteiger partial charge is 0.384 e. The smallest absolute Gasteiger partial charge is 0.124 e. The molecule has 1 unspecified atom stereocenters. The lowest BCUT2D eigenvalue weighted by Crippen LogP contribution is -2.01. The van der Waals surface area contributed by atoms with Gasteiger partial charge in [0.25, 0.3) is 0 Å². The Kier molecular flexibility index (Phi) is 2.57. The van der Waals surface area contributed by atoms with Gasteiger partial charge in [0.05, 0.1) is 5.52 Å². The van der Waals surface area contributed by atoms with Crippen LogP contribution in [0.5, 0.6) is 0 Å². The molecule has 1 aromatic carbocycles. The number of rotatable bonds is 2. The summed E-state index contributed by atoms with van der Waals surface area (Å²) in [6.07, 6.45) is 4.04. The molecule has 3 nitrogen and oxygen atoms in total. The highest BCUT2D eigenvalue weighted by Gasteiger charge is 2.15. The van der Waals surface area contributed by atoms with E-state index in [-0.39, 0.29) is 5.82 Å². The maximum absolute atomic E-state index is 13.5. The molecule has 0 spiro atoms. The number of aromatic amines is 1. The normalized spacial score (nSPS) is 12.8. The number of fused-ring (bicyclic) bond motifs is 1. The summed E-state index contributed by atoms with van der Waals surface area (Å²) in [6, 6.07) is 8.06. The Bertz CT molecular complexity index is 679. The number of pyridine rings is 1. The Morgan fingerprint density at radius 2 is 2.17 bits per heavy atom. The molecule has 3 aromatic rings. The Balaban J connectivity index is 2.17. The van der Waals surface area contributed by atoms with Crippen LogP contribution in [0.15, 0.2) is 48.9 Å². The third kappa shape index (κ3) is 1.76. The van der Waals surface area contributed by atoms with E-state index in [1.807, 2.05) is 0 Å². The molecule has 0 bridgehead atoms. The number of nitrogens with zero attached hydrogens (tertiary/aromatic N) is 1. The van der Waals surface area contributed by atoms with Crippen LogP contribution < -0.4 is 0 Å². The molecule has 3 rings (SSSR count). The summed E-state index contributed by atoms with van der Waals surface area (Å²) >= 11 is 0. The molecule has 0 aliphatic heterocycles. The first-order valence-corrected chi connectivity index (χ1v) is 5.60. The van der Waals surface area contributed by atoms with Gasteiger partial charge in [-0.3, -0.25) is 4.98 Å². The van der Waals surface area contributed by atoms with Crippen LogP contribution in [-0.2, 0) is 0 Å². The topological polar surface area (TPSA) is 48.9 Å². The van der Waals surface area contributed by atoms with Gasteiger partial charge in [0.1, 0.15) is 11.9 Å². The number of benzene rings is 1. The van der Waals surface area contributed by atoms with Crippen LogP contribution in [0, 0.1) is 5.82 Å². The number of hydrogen-bond donors (Lipinski definition) is 2. The molecular weight excluding hydrogens is 231 g/mol. The summed E-state index contributed by atoms with van der Waals surface area (Å²) in [4.78, 5) is 6.98. The number of H-pyrrole nitrogens is 1. The van der Waals surface area contributed by atoms with Gasteiger partial charge in [0.2, 0.25) is 0 Å². The fourth-order valence-electron chi connectivity index (χ4n) is 2.10. The van der Waals surface area contributed by atoms with Crippen LogP contribution in [0.2, 0.25) is 0 Å². The Labute approximate surface area is 103 Å². The number of aliphatic hydroxyl groups is 1. The highest BCUT2D eigenvalue weighted by atomic mass is 19.1. The van der Waals surface area contributed by atoms with E-state index in [9.17, 15) is 9.50 Å². The van der Waals surface area contributed by atoms with Gasteiger partial charge in [-0.05, 0) is 24.3 Å². The molecule has 2 heterocycles. The summed E-state index contributed by atoms with van der Waals surface area (Å²) in [5, 5.41) is 11.0. The first-order chi connectivity index (χ1) is 8.75. The zero-order chi connectivity index (χ0) is 12.5. The summed E-state index contributed by atoms with van der Waals surface area (Å²) in [6.45, 7) is 0. The third-order valence-corrected chi connectivity index (χ3v) is 2.95. The first kappa shape index (κ1) is 10.9. The highest BCUT2D eigenvalue weighted by Crippen LogP contribution is 2.28. The van der Waals surface area contributed by atoms with Gasteiger partial charge < -0.3 is 10.1 Å². The van der Waals surface area contributed by atoms with E-state index in [0.717, 1.165) is 10.9 Å². The number of nitrogens with one attached hydrogen (secondary N) is 1. The van der Waals surface area contributed by atoms with Crippen molar-refractivity contribution in [1.29, 1.82) is 0 Å². The Hall–Kier alpha value is -2.20. The van der Waals surface area contributed by atoms with E-state index in [2.05, 4.69) is 9.97 Å². The van der Waals surface area contributed by atoms with Crippen LogP contribution in [0.1, 0.15) is 17.2 Å². The van der Waals surface area contributed by atoms with Crippen molar-refractivity contribution >= 4 is 10.9 Å². The van der Waals surface area contributed by atoms with Crippen molar-refractivity contribution in [3.05, 3.63) is 65.9 Å². The van der Waals surface area contributed by atoms with Crippen molar-refractivity contribution in [2.75, 3.05) is 0 Å². The van der Waals surface area contributed by atoms with Crippen LogP contribution in [0.4, 0.5) is 4.39 Å². The van der Waals surface area contributed by atoms with Crippen LogP contribution >= 0.6 is 0 Å². The molecule has 4 heteroatoms. The lowest BCUT2D eigenvalue weighted by atomic mass is 10.0. The van der Waals surface area contributed by atoms with Crippen LogP contribution in [0.25, 0.3) is 10.9 Å². The molecule has 0 aliphatic carbocycles. The second-order valence-electron chi connectivity index (χ2n) is 4.13.